The number of furan rings is 1. The molecule has 4 heterocycles. The molecule has 0 bridgehead atoms. The molecule has 7 heteroatoms. The predicted octanol–water partition coefficient (Wildman–Crippen LogP) is 0.831. The van der Waals surface area contributed by atoms with Crippen molar-refractivity contribution in [3.8, 4) is 0 Å². The summed E-state index contributed by atoms with van der Waals surface area (Å²) in [5.41, 5.74) is 3.66. The van der Waals surface area contributed by atoms with Crippen LogP contribution in [0.25, 0.3) is 0 Å². The maximum absolute atomic E-state index is 9.55. The molecule has 1 fully saturated rings. The zero-order valence-electron chi connectivity index (χ0n) is 15.1. The van der Waals surface area contributed by atoms with Crippen LogP contribution in [-0.2, 0) is 19.4 Å². The fraction of sp³-hybridized carbons (Fsp3) is 0.579. The van der Waals surface area contributed by atoms with Gasteiger partial charge in [-0.05, 0) is 25.5 Å². The third-order valence-electron chi connectivity index (χ3n) is 5.43. The van der Waals surface area contributed by atoms with E-state index in [4.69, 9.17) is 4.42 Å². The second-order valence-electron chi connectivity index (χ2n) is 7.09. The Kier molecular flexibility index (Phi) is 5.48. The summed E-state index contributed by atoms with van der Waals surface area (Å²) in [4.78, 5) is 14.0. The Morgan fingerprint density at radius 2 is 2.15 bits per heavy atom. The molecule has 2 N–H and O–H groups in total. The van der Waals surface area contributed by atoms with Crippen LogP contribution >= 0.6 is 0 Å². The van der Waals surface area contributed by atoms with Gasteiger partial charge >= 0.3 is 0 Å². The summed E-state index contributed by atoms with van der Waals surface area (Å²) in [6, 6.07) is 2.32. The van der Waals surface area contributed by atoms with Gasteiger partial charge in [0.05, 0.1) is 18.2 Å². The summed E-state index contributed by atoms with van der Waals surface area (Å²) in [7, 11) is 0. The average molecular weight is 357 g/mol. The zero-order chi connectivity index (χ0) is 17.8. The van der Waals surface area contributed by atoms with E-state index in [-0.39, 0.29) is 6.61 Å². The van der Waals surface area contributed by atoms with Gasteiger partial charge in [-0.2, -0.15) is 0 Å². The SMILES string of the molecule is OCC[C@@H]1CN(c2ncnc3c2CCNCC3)CCN1Cc1ccoc1. The molecule has 7 nitrogen and oxygen atoms in total. The van der Waals surface area contributed by atoms with Crippen molar-refractivity contribution in [2.45, 2.75) is 31.8 Å². The van der Waals surface area contributed by atoms with E-state index in [1.165, 1.54) is 16.8 Å². The van der Waals surface area contributed by atoms with Gasteiger partial charge in [-0.25, -0.2) is 9.97 Å². The molecule has 2 aliphatic rings. The maximum Gasteiger partial charge on any atom is 0.135 e. The molecule has 2 aromatic rings. The highest BCUT2D eigenvalue weighted by Crippen LogP contribution is 2.26. The number of rotatable bonds is 5. The first-order chi connectivity index (χ1) is 12.8. The molecule has 2 aromatic heterocycles. The lowest BCUT2D eigenvalue weighted by atomic mass is 10.1. The van der Waals surface area contributed by atoms with Crippen molar-refractivity contribution in [3.63, 3.8) is 0 Å². The van der Waals surface area contributed by atoms with Gasteiger partial charge in [0.2, 0.25) is 0 Å². The highest BCUT2D eigenvalue weighted by atomic mass is 16.3. The first kappa shape index (κ1) is 17.5. The van der Waals surface area contributed by atoms with Gasteiger partial charge in [-0.15, -0.1) is 0 Å². The first-order valence-corrected chi connectivity index (χ1v) is 9.49. The van der Waals surface area contributed by atoms with Crippen molar-refractivity contribution in [2.24, 2.45) is 0 Å². The number of nitrogens with zero attached hydrogens (tertiary/aromatic N) is 4. The highest BCUT2D eigenvalue weighted by Gasteiger charge is 2.29. The van der Waals surface area contributed by atoms with Gasteiger partial charge < -0.3 is 19.7 Å². The molecule has 0 unspecified atom stereocenters. The maximum atomic E-state index is 9.55. The number of fused-ring (bicyclic) bond motifs is 1. The highest BCUT2D eigenvalue weighted by molar-refractivity contribution is 5.50. The van der Waals surface area contributed by atoms with E-state index in [0.717, 1.165) is 64.3 Å². The largest absolute Gasteiger partial charge is 0.472 e. The summed E-state index contributed by atoms with van der Waals surface area (Å²) in [5, 5.41) is 13.0. The van der Waals surface area contributed by atoms with Crippen molar-refractivity contribution in [2.75, 3.05) is 44.2 Å². The number of aliphatic hydroxyl groups excluding tert-OH is 1. The number of aliphatic hydroxyl groups is 1. The summed E-state index contributed by atoms with van der Waals surface area (Å²) in [5.74, 6) is 1.09. The van der Waals surface area contributed by atoms with Crippen LogP contribution in [0.3, 0.4) is 0 Å². The smallest absolute Gasteiger partial charge is 0.135 e. The van der Waals surface area contributed by atoms with E-state index >= 15 is 0 Å². The molecule has 0 radical (unpaired) electrons. The first-order valence-electron chi connectivity index (χ1n) is 9.49. The minimum atomic E-state index is 0.201. The molecule has 140 valence electrons. The number of hydrogen-bond acceptors (Lipinski definition) is 7. The third kappa shape index (κ3) is 3.75. The normalized spacial score (nSPS) is 21.4. The lowest BCUT2D eigenvalue weighted by molar-refractivity contribution is 0.135. The third-order valence-corrected chi connectivity index (χ3v) is 5.43. The number of nitrogens with one attached hydrogen (secondary N) is 1. The van der Waals surface area contributed by atoms with Crippen LogP contribution < -0.4 is 10.2 Å². The van der Waals surface area contributed by atoms with E-state index in [0.29, 0.717) is 6.04 Å². The Hall–Kier alpha value is -1.96. The number of aromatic nitrogens is 2. The number of hydrogen-bond donors (Lipinski definition) is 2. The molecule has 0 aliphatic carbocycles. The molecule has 2 aliphatic heterocycles. The van der Waals surface area contributed by atoms with E-state index in [9.17, 15) is 5.11 Å². The molecule has 0 amide bonds. The Labute approximate surface area is 154 Å². The van der Waals surface area contributed by atoms with Gasteiger partial charge in [-0.1, -0.05) is 0 Å². The standard InChI is InChI=1S/C19H27N5O2/c25-9-3-16-12-24(8-7-23(16)11-15-4-10-26-13-15)19-17-1-5-20-6-2-18(17)21-14-22-19/h4,10,13-14,16,20,25H,1-3,5-9,11-12H2/t16-/m1/s1. The van der Waals surface area contributed by atoms with Crippen LogP contribution in [0.2, 0.25) is 0 Å². The van der Waals surface area contributed by atoms with Crippen molar-refractivity contribution in [1.82, 2.24) is 20.2 Å². The molecular weight excluding hydrogens is 330 g/mol. The van der Waals surface area contributed by atoms with E-state index in [1.807, 2.05) is 6.07 Å². The van der Waals surface area contributed by atoms with Crippen molar-refractivity contribution in [1.29, 1.82) is 0 Å². The number of anilines is 1. The summed E-state index contributed by atoms with van der Waals surface area (Å²) >= 11 is 0. The minimum absolute atomic E-state index is 0.201. The molecule has 26 heavy (non-hydrogen) atoms. The summed E-state index contributed by atoms with van der Waals surface area (Å²) in [6.07, 6.45) is 7.94. The molecule has 0 spiro atoms. The fourth-order valence-electron chi connectivity index (χ4n) is 4.06. The van der Waals surface area contributed by atoms with Crippen molar-refractivity contribution < 1.29 is 9.52 Å². The van der Waals surface area contributed by atoms with Gasteiger partial charge in [0.1, 0.15) is 12.1 Å². The van der Waals surface area contributed by atoms with E-state index < -0.39 is 0 Å². The molecule has 1 atom stereocenters. The quantitative estimate of drug-likeness (QED) is 0.821. The second kappa shape index (κ2) is 8.16. The van der Waals surface area contributed by atoms with Gasteiger partial charge in [0, 0.05) is 62.9 Å². The lowest BCUT2D eigenvalue weighted by Crippen LogP contribution is -2.53. The molecule has 0 aromatic carbocycles. The second-order valence-corrected chi connectivity index (χ2v) is 7.09. The Morgan fingerprint density at radius 3 is 3.00 bits per heavy atom. The fourth-order valence-corrected chi connectivity index (χ4v) is 4.06. The summed E-state index contributed by atoms with van der Waals surface area (Å²) < 4.78 is 5.21. The van der Waals surface area contributed by atoms with Crippen LogP contribution in [-0.4, -0.2) is 65.3 Å². The van der Waals surface area contributed by atoms with Gasteiger partial charge in [0.25, 0.3) is 0 Å². The predicted molar refractivity (Wildman–Crippen MR) is 99.1 cm³/mol. The number of piperazine rings is 1. The van der Waals surface area contributed by atoms with Crippen LogP contribution in [0.4, 0.5) is 5.82 Å². The van der Waals surface area contributed by atoms with E-state index in [1.54, 1.807) is 18.9 Å². The van der Waals surface area contributed by atoms with Crippen molar-refractivity contribution >= 4 is 5.82 Å². The molecular formula is C19H27N5O2. The average Bonchev–Trinajstić information content (AvgIpc) is 3.05. The van der Waals surface area contributed by atoms with Crippen LogP contribution in [0.5, 0.6) is 0 Å². The van der Waals surface area contributed by atoms with Crippen LogP contribution in [0, 0.1) is 0 Å². The van der Waals surface area contributed by atoms with Gasteiger partial charge in [-0.3, -0.25) is 4.90 Å². The summed E-state index contributed by atoms with van der Waals surface area (Å²) in [6.45, 7) is 5.80. The Bertz CT molecular complexity index is 706. The molecule has 4 rings (SSSR count). The molecule has 0 saturated carbocycles. The van der Waals surface area contributed by atoms with E-state index in [2.05, 4.69) is 25.1 Å². The lowest BCUT2D eigenvalue weighted by Gasteiger charge is -2.42. The topological polar surface area (TPSA) is 77.7 Å². The Balaban J connectivity index is 1.52. The Morgan fingerprint density at radius 1 is 1.23 bits per heavy atom. The van der Waals surface area contributed by atoms with Gasteiger partial charge in [0.15, 0.2) is 0 Å². The zero-order valence-corrected chi connectivity index (χ0v) is 15.1. The van der Waals surface area contributed by atoms with Crippen molar-refractivity contribution in [3.05, 3.63) is 41.7 Å². The molecule has 1 saturated heterocycles. The monoisotopic (exact) mass is 357 g/mol. The van der Waals surface area contributed by atoms with Crippen LogP contribution in [0.15, 0.2) is 29.3 Å². The van der Waals surface area contributed by atoms with Crippen LogP contribution in [0.1, 0.15) is 23.2 Å². The minimum Gasteiger partial charge on any atom is -0.472 e.